The molecule has 0 radical (unpaired) electrons. The molecule has 3 N–H and O–H groups in total. The lowest BCUT2D eigenvalue weighted by Gasteiger charge is -2.18. The first-order valence-corrected chi connectivity index (χ1v) is 8.24. The van der Waals surface area contributed by atoms with Gasteiger partial charge < -0.3 is 20.7 Å². The Morgan fingerprint density at radius 1 is 1.04 bits per heavy atom. The summed E-state index contributed by atoms with van der Waals surface area (Å²) >= 11 is 0. The molecule has 2 aromatic carbocycles. The largest absolute Gasteiger partial charge is 0.492 e. The number of nitrogens with one attached hydrogen (secondary N) is 1. The fourth-order valence-corrected chi connectivity index (χ4v) is 2.30. The van der Waals surface area contributed by atoms with Crippen LogP contribution < -0.4 is 15.8 Å². The highest BCUT2D eigenvalue weighted by atomic mass is 16.5. The highest BCUT2D eigenvalue weighted by molar-refractivity contribution is 6.04. The lowest BCUT2D eigenvalue weighted by molar-refractivity contribution is 0.102. The van der Waals surface area contributed by atoms with Crippen LogP contribution >= 0.6 is 0 Å². The van der Waals surface area contributed by atoms with Crippen molar-refractivity contribution < 1.29 is 9.53 Å². The summed E-state index contributed by atoms with van der Waals surface area (Å²) in [6, 6.07) is 14.2. The lowest BCUT2D eigenvalue weighted by Crippen LogP contribution is -2.27. The van der Waals surface area contributed by atoms with Crippen LogP contribution in [0.2, 0.25) is 0 Å². The number of hydrogen-bond acceptors (Lipinski definition) is 4. The topological polar surface area (TPSA) is 67.6 Å². The minimum absolute atomic E-state index is 0.162. The van der Waals surface area contributed by atoms with E-state index in [9.17, 15) is 4.79 Å². The molecular weight excluding hydrogens is 302 g/mol. The number of nitrogens with zero attached hydrogens (tertiary/aromatic N) is 1. The molecule has 2 aromatic rings. The number of nitrogen functional groups attached to an aromatic ring is 1. The number of carbonyl (C=O) groups is 1. The number of benzene rings is 2. The number of likely N-dealkylation sites (N-methyl/N-ethyl adjacent to an activating group) is 1. The zero-order valence-corrected chi connectivity index (χ0v) is 14.3. The van der Waals surface area contributed by atoms with E-state index in [1.807, 2.05) is 24.3 Å². The van der Waals surface area contributed by atoms with Gasteiger partial charge in [-0.1, -0.05) is 13.8 Å². The average Bonchev–Trinajstić information content (AvgIpc) is 2.60. The second kappa shape index (κ2) is 8.93. The van der Waals surface area contributed by atoms with Crippen molar-refractivity contribution in [3.05, 3.63) is 54.1 Å². The minimum Gasteiger partial charge on any atom is -0.492 e. The van der Waals surface area contributed by atoms with Gasteiger partial charge >= 0.3 is 0 Å². The fourth-order valence-electron chi connectivity index (χ4n) is 2.30. The van der Waals surface area contributed by atoms with Crippen LogP contribution in [-0.2, 0) is 0 Å². The molecular formula is C19H25N3O2. The van der Waals surface area contributed by atoms with Gasteiger partial charge in [0.25, 0.3) is 5.91 Å². The molecule has 5 heteroatoms. The Kier molecular flexibility index (Phi) is 6.63. The second-order valence-corrected chi connectivity index (χ2v) is 5.48. The van der Waals surface area contributed by atoms with Crippen LogP contribution in [-0.4, -0.2) is 37.0 Å². The molecule has 0 unspecified atom stereocenters. The van der Waals surface area contributed by atoms with E-state index in [1.54, 1.807) is 24.3 Å². The van der Waals surface area contributed by atoms with E-state index in [4.69, 9.17) is 10.5 Å². The van der Waals surface area contributed by atoms with Crippen LogP contribution in [0.4, 0.5) is 11.4 Å². The average molecular weight is 327 g/mol. The van der Waals surface area contributed by atoms with Gasteiger partial charge in [-0.2, -0.15) is 0 Å². The summed E-state index contributed by atoms with van der Waals surface area (Å²) in [6.07, 6.45) is 0. The van der Waals surface area contributed by atoms with Gasteiger partial charge in [0.2, 0.25) is 0 Å². The molecule has 0 aromatic heterocycles. The zero-order valence-electron chi connectivity index (χ0n) is 14.3. The van der Waals surface area contributed by atoms with Crippen LogP contribution in [0.5, 0.6) is 5.75 Å². The van der Waals surface area contributed by atoms with E-state index in [1.165, 1.54) is 0 Å². The molecule has 0 heterocycles. The molecule has 0 saturated heterocycles. The molecule has 2 rings (SSSR count). The smallest absolute Gasteiger partial charge is 0.255 e. The molecule has 24 heavy (non-hydrogen) atoms. The predicted molar refractivity (Wildman–Crippen MR) is 98.5 cm³/mol. The lowest BCUT2D eigenvalue weighted by atomic mass is 10.2. The molecule has 0 aliphatic rings. The van der Waals surface area contributed by atoms with Gasteiger partial charge in [-0.3, -0.25) is 4.79 Å². The number of rotatable bonds is 8. The summed E-state index contributed by atoms with van der Waals surface area (Å²) in [5.74, 6) is 0.637. The highest BCUT2D eigenvalue weighted by Gasteiger charge is 2.06. The molecule has 0 aliphatic heterocycles. The maximum absolute atomic E-state index is 12.1. The third kappa shape index (κ3) is 5.28. The Bertz CT molecular complexity index is 635. The van der Waals surface area contributed by atoms with Gasteiger partial charge in [0, 0.05) is 23.5 Å². The fraction of sp³-hybridized carbons (Fsp3) is 0.316. The number of anilines is 2. The van der Waals surface area contributed by atoms with Crippen LogP contribution in [0.15, 0.2) is 48.5 Å². The van der Waals surface area contributed by atoms with Crippen molar-refractivity contribution in [3.8, 4) is 5.75 Å². The molecule has 0 saturated carbocycles. The van der Waals surface area contributed by atoms with E-state index in [0.29, 0.717) is 17.9 Å². The molecule has 5 nitrogen and oxygen atoms in total. The van der Waals surface area contributed by atoms with E-state index in [2.05, 4.69) is 24.1 Å². The molecule has 128 valence electrons. The molecule has 0 fully saturated rings. The summed E-state index contributed by atoms with van der Waals surface area (Å²) in [5.41, 5.74) is 7.56. The molecule has 0 aliphatic carbocycles. The van der Waals surface area contributed by atoms with E-state index >= 15 is 0 Å². The predicted octanol–water partition coefficient (Wildman–Crippen LogP) is 3.24. The maximum Gasteiger partial charge on any atom is 0.255 e. The molecule has 0 atom stereocenters. The Morgan fingerprint density at radius 2 is 1.67 bits per heavy atom. The van der Waals surface area contributed by atoms with Crippen molar-refractivity contribution in [2.45, 2.75) is 13.8 Å². The Labute approximate surface area is 143 Å². The Hall–Kier alpha value is -2.53. The van der Waals surface area contributed by atoms with Crippen molar-refractivity contribution in [1.29, 1.82) is 0 Å². The zero-order chi connectivity index (χ0) is 17.4. The van der Waals surface area contributed by atoms with Crippen molar-refractivity contribution >= 4 is 17.3 Å². The first-order chi connectivity index (χ1) is 11.6. The number of hydrogen-bond donors (Lipinski definition) is 2. The summed E-state index contributed by atoms with van der Waals surface area (Å²) in [4.78, 5) is 14.4. The summed E-state index contributed by atoms with van der Waals surface area (Å²) in [5, 5.41) is 2.85. The minimum atomic E-state index is -0.162. The van der Waals surface area contributed by atoms with Gasteiger partial charge in [-0.05, 0) is 61.6 Å². The van der Waals surface area contributed by atoms with Crippen LogP contribution in [0.3, 0.4) is 0 Å². The van der Waals surface area contributed by atoms with Crippen molar-refractivity contribution in [1.82, 2.24) is 4.90 Å². The van der Waals surface area contributed by atoms with E-state index in [0.717, 1.165) is 31.1 Å². The van der Waals surface area contributed by atoms with Crippen molar-refractivity contribution in [2.75, 3.05) is 37.3 Å². The Balaban J connectivity index is 1.85. The van der Waals surface area contributed by atoms with Crippen LogP contribution in [0.1, 0.15) is 24.2 Å². The molecule has 0 bridgehead atoms. The van der Waals surface area contributed by atoms with E-state index in [-0.39, 0.29) is 5.91 Å². The monoisotopic (exact) mass is 327 g/mol. The van der Waals surface area contributed by atoms with Crippen molar-refractivity contribution in [3.63, 3.8) is 0 Å². The van der Waals surface area contributed by atoms with Gasteiger partial charge in [0.05, 0.1) is 0 Å². The number of nitrogens with two attached hydrogens (primary N) is 1. The highest BCUT2D eigenvalue weighted by Crippen LogP contribution is 2.17. The maximum atomic E-state index is 12.1. The van der Waals surface area contributed by atoms with Crippen LogP contribution in [0, 0.1) is 0 Å². The SMILES string of the molecule is CCN(CC)CCOc1ccc(NC(=O)c2ccc(N)cc2)cc1. The third-order valence-corrected chi connectivity index (χ3v) is 3.86. The van der Waals surface area contributed by atoms with Gasteiger partial charge in [0.1, 0.15) is 12.4 Å². The summed E-state index contributed by atoms with van der Waals surface area (Å²) in [6.45, 7) is 7.89. The standard InChI is InChI=1S/C19H25N3O2/c1-3-22(4-2)13-14-24-18-11-9-17(10-12-18)21-19(23)15-5-7-16(20)8-6-15/h5-12H,3-4,13-14,20H2,1-2H3,(H,21,23). The number of carbonyl (C=O) groups excluding carboxylic acids is 1. The van der Waals surface area contributed by atoms with Crippen LogP contribution in [0.25, 0.3) is 0 Å². The summed E-state index contributed by atoms with van der Waals surface area (Å²) in [7, 11) is 0. The number of ether oxygens (including phenoxy) is 1. The third-order valence-electron chi connectivity index (χ3n) is 3.86. The quantitative estimate of drug-likeness (QED) is 0.730. The molecule has 0 spiro atoms. The first kappa shape index (κ1) is 17.8. The second-order valence-electron chi connectivity index (χ2n) is 5.48. The van der Waals surface area contributed by atoms with Gasteiger partial charge in [-0.15, -0.1) is 0 Å². The Morgan fingerprint density at radius 3 is 2.25 bits per heavy atom. The summed E-state index contributed by atoms with van der Waals surface area (Å²) < 4.78 is 5.73. The first-order valence-electron chi connectivity index (χ1n) is 8.24. The molecule has 1 amide bonds. The normalized spacial score (nSPS) is 10.6. The van der Waals surface area contributed by atoms with Gasteiger partial charge in [0.15, 0.2) is 0 Å². The van der Waals surface area contributed by atoms with E-state index < -0.39 is 0 Å². The number of amides is 1. The van der Waals surface area contributed by atoms with Gasteiger partial charge in [-0.25, -0.2) is 0 Å². The van der Waals surface area contributed by atoms with Crippen molar-refractivity contribution in [2.24, 2.45) is 0 Å².